The molecule has 2 aromatic heterocycles. The number of rotatable bonds is 1. The Morgan fingerprint density at radius 2 is 1.81 bits per heavy atom. The normalized spacial score (nSPS) is 11.2. The van der Waals surface area contributed by atoms with E-state index in [1.54, 1.807) is 4.57 Å². The number of hydrogen-bond acceptors (Lipinski definition) is 3. The molecule has 0 unspecified atom stereocenters. The molecule has 0 aliphatic rings. The van der Waals surface area contributed by atoms with Crippen LogP contribution in [0.4, 0.5) is 0 Å². The summed E-state index contributed by atoms with van der Waals surface area (Å²) in [4.78, 5) is 16.7. The zero-order chi connectivity index (χ0) is 14.4. The largest absolute Gasteiger partial charge is 0.323 e. The molecule has 0 fully saturated rings. The second-order valence-corrected chi connectivity index (χ2v) is 6.04. The van der Waals surface area contributed by atoms with E-state index in [1.165, 1.54) is 11.3 Å². The van der Waals surface area contributed by atoms with Gasteiger partial charge in [-0.3, -0.25) is 9.36 Å². The summed E-state index contributed by atoms with van der Waals surface area (Å²) in [5, 5.41) is 4.66. The van der Waals surface area contributed by atoms with Crippen LogP contribution in [0, 0.1) is 4.77 Å². The van der Waals surface area contributed by atoms with Crippen LogP contribution in [0.2, 0.25) is 0 Å². The SMILES string of the molecule is O=c1c2ccsc2[nH]c(=S)n1-c1cccc2ccccc12. The van der Waals surface area contributed by atoms with E-state index in [0.29, 0.717) is 10.2 Å². The second kappa shape index (κ2) is 4.65. The lowest BCUT2D eigenvalue weighted by Gasteiger charge is -2.09. The van der Waals surface area contributed by atoms with Gasteiger partial charge in [0.25, 0.3) is 5.56 Å². The number of aromatic nitrogens is 2. The summed E-state index contributed by atoms with van der Waals surface area (Å²) >= 11 is 6.88. The number of nitrogens with one attached hydrogen (secondary N) is 1. The molecule has 1 N–H and O–H groups in total. The lowest BCUT2D eigenvalue weighted by molar-refractivity contribution is 0.951. The molecule has 0 atom stereocenters. The van der Waals surface area contributed by atoms with Crippen molar-refractivity contribution in [2.24, 2.45) is 0 Å². The summed E-state index contributed by atoms with van der Waals surface area (Å²) in [7, 11) is 0. The fourth-order valence-corrected chi connectivity index (χ4v) is 3.69. The van der Waals surface area contributed by atoms with Crippen LogP contribution >= 0.6 is 23.6 Å². The molecular formula is C16H10N2OS2. The zero-order valence-corrected chi connectivity index (χ0v) is 12.5. The molecule has 2 heterocycles. The molecule has 0 spiro atoms. The Labute approximate surface area is 129 Å². The van der Waals surface area contributed by atoms with E-state index in [1.807, 2.05) is 53.9 Å². The van der Waals surface area contributed by atoms with Crippen LogP contribution in [0.5, 0.6) is 0 Å². The topological polar surface area (TPSA) is 37.8 Å². The maximum Gasteiger partial charge on any atom is 0.267 e. The van der Waals surface area contributed by atoms with Crippen molar-refractivity contribution in [1.29, 1.82) is 0 Å². The fraction of sp³-hybridized carbons (Fsp3) is 0. The molecule has 0 aliphatic heterocycles. The smallest absolute Gasteiger partial charge is 0.267 e. The molecule has 4 aromatic rings. The minimum absolute atomic E-state index is 0.0775. The van der Waals surface area contributed by atoms with Crippen molar-refractivity contribution >= 4 is 44.5 Å². The molecule has 21 heavy (non-hydrogen) atoms. The number of hydrogen-bond donors (Lipinski definition) is 1. The first-order valence-corrected chi connectivity index (χ1v) is 7.75. The highest BCUT2D eigenvalue weighted by atomic mass is 32.1. The van der Waals surface area contributed by atoms with Crippen molar-refractivity contribution in [2.75, 3.05) is 0 Å². The maximum atomic E-state index is 12.7. The lowest BCUT2D eigenvalue weighted by atomic mass is 10.1. The molecule has 102 valence electrons. The Bertz CT molecular complexity index is 1080. The number of fused-ring (bicyclic) bond motifs is 2. The molecule has 0 aliphatic carbocycles. The van der Waals surface area contributed by atoms with Gasteiger partial charge in [0.15, 0.2) is 4.77 Å². The highest BCUT2D eigenvalue weighted by Crippen LogP contribution is 2.22. The maximum absolute atomic E-state index is 12.7. The van der Waals surface area contributed by atoms with Crippen molar-refractivity contribution in [3.8, 4) is 5.69 Å². The van der Waals surface area contributed by atoms with Gasteiger partial charge in [-0.1, -0.05) is 36.4 Å². The molecule has 2 aromatic carbocycles. The summed E-state index contributed by atoms with van der Waals surface area (Å²) in [5.74, 6) is 0. The first-order chi connectivity index (χ1) is 10.3. The van der Waals surface area contributed by atoms with Gasteiger partial charge < -0.3 is 4.98 Å². The first kappa shape index (κ1) is 12.5. The minimum atomic E-state index is -0.0775. The predicted molar refractivity (Wildman–Crippen MR) is 90.1 cm³/mol. The summed E-state index contributed by atoms with van der Waals surface area (Å²) < 4.78 is 2.00. The van der Waals surface area contributed by atoms with Crippen LogP contribution in [0.1, 0.15) is 0 Å². The number of benzene rings is 2. The van der Waals surface area contributed by atoms with Crippen molar-refractivity contribution in [1.82, 2.24) is 9.55 Å². The number of thiophene rings is 1. The van der Waals surface area contributed by atoms with Crippen molar-refractivity contribution in [3.05, 3.63) is 69.0 Å². The molecule has 4 rings (SSSR count). The number of aromatic amines is 1. The van der Waals surface area contributed by atoms with E-state index in [2.05, 4.69) is 4.98 Å². The Kier molecular flexibility index (Phi) is 2.77. The van der Waals surface area contributed by atoms with Crippen LogP contribution in [0.15, 0.2) is 58.7 Å². The average Bonchev–Trinajstić information content (AvgIpc) is 2.96. The summed E-state index contributed by atoms with van der Waals surface area (Å²) in [6, 6.07) is 15.7. The second-order valence-electron chi connectivity index (χ2n) is 4.73. The Morgan fingerprint density at radius 1 is 1.00 bits per heavy atom. The van der Waals surface area contributed by atoms with Crippen molar-refractivity contribution in [2.45, 2.75) is 0 Å². The van der Waals surface area contributed by atoms with Gasteiger partial charge in [-0.2, -0.15) is 0 Å². The third kappa shape index (κ3) is 1.86. The van der Waals surface area contributed by atoms with Crippen LogP contribution in [-0.2, 0) is 0 Å². The summed E-state index contributed by atoms with van der Waals surface area (Å²) in [6.07, 6.45) is 0. The Hall–Kier alpha value is -2.24. The highest BCUT2D eigenvalue weighted by Gasteiger charge is 2.10. The lowest BCUT2D eigenvalue weighted by Crippen LogP contribution is -2.19. The molecule has 0 bridgehead atoms. The number of H-pyrrole nitrogens is 1. The van der Waals surface area contributed by atoms with Gasteiger partial charge in [-0.15, -0.1) is 11.3 Å². The third-order valence-corrected chi connectivity index (χ3v) is 4.64. The quantitative estimate of drug-likeness (QED) is 0.533. The molecule has 0 amide bonds. The van der Waals surface area contributed by atoms with Gasteiger partial charge in [0.2, 0.25) is 0 Å². The minimum Gasteiger partial charge on any atom is -0.323 e. The van der Waals surface area contributed by atoms with Gasteiger partial charge in [-0.25, -0.2) is 0 Å². The van der Waals surface area contributed by atoms with Gasteiger partial charge >= 0.3 is 0 Å². The van der Waals surface area contributed by atoms with Crippen molar-refractivity contribution in [3.63, 3.8) is 0 Å². The molecule has 0 saturated carbocycles. The molecule has 5 heteroatoms. The molecule has 0 radical (unpaired) electrons. The van der Waals surface area contributed by atoms with Crippen LogP contribution in [-0.4, -0.2) is 9.55 Å². The van der Waals surface area contributed by atoms with E-state index in [4.69, 9.17) is 12.2 Å². The molecule has 3 nitrogen and oxygen atoms in total. The van der Waals surface area contributed by atoms with Gasteiger partial charge in [0.05, 0.1) is 11.1 Å². The monoisotopic (exact) mass is 310 g/mol. The fourth-order valence-electron chi connectivity index (χ4n) is 2.56. The average molecular weight is 310 g/mol. The summed E-state index contributed by atoms with van der Waals surface area (Å²) in [5.41, 5.74) is 0.735. The Balaban J connectivity index is 2.19. The summed E-state index contributed by atoms with van der Waals surface area (Å²) in [6.45, 7) is 0. The molecular weight excluding hydrogens is 300 g/mol. The standard InChI is InChI=1S/C16H10N2OS2/c19-15-12-8-9-21-14(12)17-16(20)18(15)13-7-3-5-10-4-1-2-6-11(10)13/h1-9H,(H,17,20). The van der Waals surface area contributed by atoms with E-state index >= 15 is 0 Å². The van der Waals surface area contributed by atoms with Gasteiger partial charge in [0.1, 0.15) is 4.83 Å². The van der Waals surface area contributed by atoms with Crippen LogP contribution < -0.4 is 5.56 Å². The predicted octanol–water partition coefficient (Wildman–Crippen LogP) is 4.26. The van der Waals surface area contributed by atoms with Crippen LogP contribution in [0.25, 0.3) is 26.7 Å². The Morgan fingerprint density at radius 3 is 2.71 bits per heavy atom. The number of nitrogens with zero attached hydrogens (tertiary/aromatic N) is 1. The van der Waals surface area contributed by atoms with E-state index < -0.39 is 0 Å². The van der Waals surface area contributed by atoms with Gasteiger partial charge in [-0.05, 0) is 35.1 Å². The van der Waals surface area contributed by atoms with Gasteiger partial charge in [0, 0.05) is 5.39 Å². The third-order valence-electron chi connectivity index (χ3n) is 3.53. The highest BCUT2D eigenvalue weighted by molar-refractivity contribution is 7.71. The van der Waals surface area contributed by atoms with Crippen LogP contribution in [0.3, 0.4) is 0 Å². The van der Waals surface area contributed by atoms with E-state index in [9.17, 15) is 4.79 Å². The van der Waals surface area contributed by atoms with E-state index in [-0.39, 0.29) is 5.56 Å². The van der Waals surface area contributed by atoms with E-state index in [0.717, 1.165) is 21.3 Å². The molecule has 0 saturated heterocycles. The first-order valence-electron chi connectivity index (χ1n) is 6.46. The van der Waals surface area contributed by atoms with Crippen molar-refractivity contribution < 1.29 is 0 Å². The zero-order valence-electron chi connectivity index (χ0n) is 10.9.